The second-order valence-corrected chi connectivity index (χ2v) is 8.19. The molecule has 1 aliphatic carbocycles. The summed E-state index contributed by atoms with van der Waals surface area (Å²) in [5.41, 5.74) is 11.5. The smallest absolute Gasteiger partial charge is 0.161 e. The largest absolute Gasteiger partial charge is 0.493 e. The van der Waals surface area contributed by atoms with Crippen molar-refractivity contribution in [2.75, 3.05) is 12.8 Å². The van der Waals surface area contributed by atoms with Crippen LogP contribution in [0.1, 0.15) is 35.2 Å². The molecule has 1 aliphatic rings. The lowest BCUT2D eigenvalue weighted by atomic mass is 9.86. The molecule has 152 valence electrons. The Morgan fingerprint density at radius 1 is 1.10 bits per heavy atom. The molecule has 0 atom stereocenters. The Labute approximate surface area is 184 Å². The molecular formula is C24H22BrN3O2. The Balaban J connectivity index is 1.70. The van der Waals surface area contributed by atoms with E-state index in [0.29, 0.717) is 29.5 Å². The lowest BCUT2D eigenvalue weighted by Crippen LogP contribution is -2.12. The van der Waals surface area contributed by atoms with Crippen LogP contribution in [0.5, 0.6) is 11.5 Å². The van der Waals surface area contributed by atoms with E-state index < -0.39 is 0 Å². The number of halogens is 1. The number of nitrogens with two attached hydrogens (primary N) is 1. The SMILES string of the molecule is COc1cc(-c2c(C#N)c(N)nc3c2CCCC3)ccc1OCc1ccc(Br)cc1. The number of nitrogens with zero attached hydrogens (tertiary/aromatic N) is 2. The van der Waals surface area contributed by atoms with E-state index in [1.807, 2.05) is 42.5 Å². The van der Waals surface area contributed by atoms with Gasteiger partial charge in [0.25, 0.3) is 0 Å². The molecule has 0 bridgehead atoms. The standard InChI is InChI=1S/C24H22BrN3O2/c1-29-22-12-16(8-11-21(22)30-14-15-6-9-17(25)10-7-15)23-18-4-2-3-5-20(18)28-24(27)19(23)13-26/h6-12H,2-5,14H2,1H3,(H2,27,28). The number of fused-ring (bicyclic) bond motifs is 1. The number of aromatic nitrogens is 1. The van der Waals surface area contributed by atoms with Crippen LogP contribution in [-0.2, 0) is 19.4 Å². The highest BCUT2D eigenvalue weighted by Crippen LogP contribution is 2.39. The minimum Gasteiger partial charge on any atom is -0.493 e. The van der Waals surface area contributed by atoms with Crippen molar-refractivity contribution >= 4 is 21.7 Å². The lowest BCUT2D eigenvalue weighted by Gasteiger charge is -2.21. The van der Waals surface area contributed by atoms with E-state index in [1.165, 1.54) is 0 Å². The summed E-state index contributed by atoms with van der Waals surface area (Å²) in [6.45, 7) is 0.435. The first kappa shape index (κ1) is 20.2. The summed E-state index contributed by atoms with van der Waals surface area (Å²) in [5, 5.41) is 9.74. The number of aryl methyl sites for hydroxylation is 1. The van der Waals surface area contributed by atoms with Gasteiger partial charge in [-0.15, -0.1) is 0 Å². The molecule has 1 heterocycles. The fourth-order valence-electron chi connectivity index (χ4n) is 3.88. The fraction of sp³-hybridized carbons (Fsp3) is 0.250. The highest BCUT2D eigenvalue weighted by molar-refractivity contribution is 9.10. The van der Waals surface area contributed by atoms with E-state index in [0.717, 1.165) is 58.1 Å². The Morgan fingerprint density at radius 3 is 2.60 bits per heavy atom. The normalized spacial score (nSPS) is 12.7. The van der Waals surface area contributed by atoms with Gasteiger partial charge in [0.2, 0.25) is 0 Å². The zero-order valence-electron chi connectivity index (χ0n) is 16.7. The number of anilines is 1. The summed E-state index contributed by atoms with van der Waals surface area (Å²) in [4.78, 5) is 4.50. The van der Waals surface area contributed by atoms with Crippen LogP contribution < -0.4 is 15.2 Å². The van der Waals surface area contributed by atoms with Crippen LogP contribution in [0.3, 0.4) is 0 Å². The van der Waals surface area contributed by atoms with Gasteiger partial charge in [0.05, 0.1) is 7.11 Å². The molecule has 0 saturated carbocycles. The third-order valence-electron chi connectivity index (χ3n) is 5.37. The van der Waals surface area contributed by atoms with Crippen molar-refractivity contribution < 1.29 is 9.47 Å². The van der Waals surface area contributed by atoms with Crippen molar-refractivity contribution in [2.24, 2.45) is 0 Å². The number of methoxy groups -OCH3 is 1. The first-order valence-electron chi connectivity index (χ1n) is 9.87. The van der Waals surface area contributed by atoms with Crippen LogP contribution in [0.2, 0.25) is 0 Å². The predicted octanol–water partition coefficient (Wildman–Crippen LogP) is 5.43. The summed E-state index contributed by atoms with van der Waals surface area (Å²) >= 11 is 3.44. The first-order valence-corrected chi connectivity index (χ1v) is 10.7. The molecule has 1 aromatic heterocycles. The summed E-state index contributed by atoms with van der Waals surface area (Å²) in [6.07, 6.45) is 3.97. The highest BCUT2D eigenvalue weighted by Gasteiger charge is 2.22. The van der Waals surface area contributed by atoms with Gasteiger partial charge in [0.1, 0.15) is 24.1 Å². The maximum absolute atomic E-state index is 9.74. The average molecular weight is 464 g/mol. The fourth-order valence-corrected chi connectivity index (χ4v) is 4.14. The quantitative estimate of drug-likeness (QED) is 0.545. The number of pyridine rings is 1. The van der Waals surface area contributed by atoms with Gasteiger partial charge < -0.3 is 15.2 Å². The van der Waals surface area contributed by atoms with Crippen LogP contribution in [-0.4, -0.2) is 12.1 Å². The lowest BCUT2D eigenvalue weighted by molar-refractivity contribution is 0.284. The second kappa shape index (κ2) is 8.76. The van der Waals surface area contributed by atoms with E-state index in [-0.39, 0.29) is 0 Å². The van der Waals surface area contributed by atoms with Crippen LogP contribution >= 0.6 is 15.9 Å². The van der Waals surface area contributed by atoms with E-state index in [1.54, 1.807) is 7.11 Å². The highest BCUT2D eigenvalue weighted by atomic mass is 79.9. The molecule has 2 N–H and O–H groups in total. The van der Waals surface area contributed by atoms with Crippen LogP contribution in [0.4, 0.5) is 5.82 Å². The molecule has 0 amide bonds. The number of nitrogen functional groups attached to an aromatic ring is 1. The number of hydrogen-bond donors (Lipinski definition) is 1. The minimum atomic E-state index is 0.294. The summed E-state index contributed by atoms with van der Waals surface area (Å²) in [7, 11) is 1.62. The molecule has 0 spiro atoms. The minimum absolute atomic E-state index is 0.294. The van der Waals surface area contributed by atoms with Gasteiger partial charge in [-0.2, -0.15) is 5.26 Å². The monoisotopic (exact) mass is 463 g/mol. The van der Waals surface area contributed by atoms with Crippen molar-refractivity contribution in [3.63, 3.8) is 0 Å². The maximum Gasteiger partial charge on any atom is 0.161 e. The Kier molecular flexibility index (Phi) is 5.91. The summed E-state index contributed by atoms with van der Waals surface area (Å²) in [5.74, 6) is 1.56. The molecule has 6 heteroatoms. The third-order valence-corrected chi connectivity index (χ3v) is 5.90. The molecule has 0 aliphatic heterocycles. The van der Waals surface area contributed by atoms with Crippen LogP contribution in [0.25, 0.3) is 11.1 Å². The third kappa shape index (κ3) is 3.99. The zero-order valence-corrected chi connectivity index (χ0v) is 18.3. The van der Waals surface area contributed by atoms with Gasteiger partial charge in [0.15, 0.2) is 11.5 Å². The van der Waals surface area contributed by atoms with E-state index in [9.17, 15) is 5.26 Å². The second-order valence-electron chi connectivity index (χ2n) is 7.27. The van der Waals surface area contributed by atoms with E-state index in [2.05, 4.69) is 27.0 Å². The molecular weight excluding hydrogens is 442 g/mol. The molecule has 3 aromatic rings. The van der Waals surface area contributed by atoms with Crippen molar-refractivity contribution in [3.05, 3.63) is 69.3 Å². The first-order chi connectivity index (χ1) is 14.6. The average Bonchev–Trinajstić information content (AvgIpc) is 2.77. The Bertz CT molecular complexity index is 1120. The van der Waals surface area contributed by atoms with Crippen molar-refractivity contribution in [2.45, 2.75) is 32.3 Å². The van der Waals surface area contributed by atoms with Gasteiger partial charge >= 0.3 is 0 Å². The van der Waals surface area contributed by atoms with Crippen molar-refractivity contribution in [1.29, 1.82) is 5.26 Å². The number of nitriles is 1. The number of hydrogen-bond acceptors (Lipinski definition) is 5. The molecule has 30 heavy (non-hydrogen) atoms. The summed E-state index contributed by atoms with van der Waals surface area (Å²) < 4.78 is 12.6. The van der Waals surface area contributed by atoms with Crippen molar-refractivity contribution in [3.8, 4) is 28.7 Å². The number of benzene rings is 2. The number of ether oxygens (including phenoxy) is 2. The van der Waals surface area contributed by atoms with Gasteiger partial charge in [-0.25, -0.2) is 4.98 Å². The molecule has 5 nitrogen and oxygen atoms in total. The molecule has 4 rings (SSSR count). The molecule has 0 fully saturated rings. The predicted molar refractivity (Wildman–Crippen MR) is 120 cm³/mol. The van der Waals surface area contributed by atoms with E-state index in [4.69, 9.17) is 15.2 Å². The van der Waals surface area contributed by atoms with Gasteiger partial charge in [-0.05, 0) is 66.6 Å². The summed E-state index contributed by atoms with van der Waals surface area (Å²) in [6, 6.07) is 16.0. The molecule has 0 radical (unpaired) electrons. The number of rotatable bonds is 5. The zero-order chi connectivity index (χ0) is 21.1. The van der Waals surface area contributed by atoms with Gasteiger partial charge in [0, 0.05) is 15.7 Å². The van der Waals surface area contributed by atoms with Gasteiger partial charge in [-0.1, -0.05) is 34.1 Å². The molecule has 2 aromatic carbocycles. The van der Waals surface area contributed by atoms with Crippen molar-refractivity contribution in [1.82, 2.24) is 4.98 Å². The Morgan fingerprint density at radius 2 is 1.87 bits per heavy atom. The maximum atomic E-state index is 9.74. The van der Waals surface area contributed by atoms with Crippen LogP contribution in [0, 0.1) is 11.3 Å². The van der Waals surface area contributed by atoms with Crippen LogP contribution in [0.15, 0.2) is 46.9 Å². The van der Waals surface area contributed by atoms with Gasteiger partial charge in [-0.3, -0.25) is 0 Å². The Hall–Kier alpha value is -3.04. The van der Waals surface area contributed by atoms with E-state index >= 15 is 0 Å². The topological polar surface area (TPSA) is 81.2 Å². The molecule has 0 saturated heterocycles. The molecule has 0 unspecified atom stereocenters.